The zero-order valence-corrected chi connectivity index (χ0v) is 5.96. The van der Waals surface area contributed by atoms with Crippen molar-refractivity contribution >= 4 is 6.21 Å². The van der Waals surface area contributed by atoms with E-state index < -0.39 is 0 Å². The van der Waals surface area contributed by atoms with Crippen molar-refractivity contribution in [3.05, 3.63) is 0 Å². The Hall–Kier alpha value is -0.570. The Morgan fingerprint density at radius 3 is 2.33 bits per heavy atom. The fourth-order valence-electron chi connectivity index (χ4n) is 0.948. The van der Waals surface area contributed by atoms with E-state index in [1.165, 1.54) is 0 Å². The standard InChI is InChI=1S/C6H12NO2/c1-5-7(8)4-6(2,3)9-5/h4-5,8H,1-3H3/q+1. The summed E-state index contributed by atoms with van der Waals surface area (Å²) in [5.74, 6) is 0. The average Bonchev–Trinajstić information content (AvgIpc) is 1.79. The monoisotopic (exact) mass is 130 g/mol. The van der Waals surface area contributed by atoms with Crippen LogP contribution in [0.2, 0.25) is 0 Å². The SMILES string of the molecule is CC1OC(C)(C)C=[N+]1O. The zero-order chi connectivity index (χ0) is 7.07. The van der Waals surface area contributed by atoms with E-state index in [4.69, 9.17) is 9.94 Å². The molecule has 9 heavy (non-hydrogen) atoms. The first-order chi connectivity index (χ1) is 4.01. The van der Waals surface area contributed by atoms with E-state index in [0.29, 0.717) is 0 Å². The van der Waals surface area contributed by atoms with E-state index in [-0.39, 0.29) is 11.8 Å². The van der Waals surface area contributed by atoms with Crippen LogP contribution in [0.3, 0.4) is 0 Å². The predicted molar refractivity (Wildman–Crippen MR) is 32.7 cm³/mol. The van der Waals surface area contributed by atoms with E-state index >= 15 is 0 Å². The first kappa shape index (κ1) is 6.55. The van der Waals surface area contributed by atoms with E-state index in [1.807, 2.05) is 13.8 Å². The summed E-state index contributed by atoms with van der Waals surface area (Å²) in [5, 5.41) is 8.99. The second-order valence-corrected chi connectivity index (χ2v) is 2.83. The van der Waals surface area contributed by atoms with Crippen LogP contribution in [-0.2, 0) is 4.74 Å². The lowest BCUT2D eigenvalue weighted by molar-refractivity contribution is -0.809. The molecule has 52 valence electrons. The summed E-state index contributed by atoms with van der Waals surface area (Å²) >= 11 is 0. The van der Waals surface area contributed by atoms with Crippen molar-refractivity contribution in [3.8, 4) is 0 Å². The van der Waals surface area contributed by atoms with Crippen molar-refractivity contribution in [2.45, 2.75) is 32.6 Å². The average molecular weight is 130 g/mol. The highest BCUT2D eigenvalue weighted by Crippen LogP contribution is 2.15. The van der Waals surface area contributed by atoms with E-state index in [1.54, 1.807) is 13.1 Å². The molecule has 3 heteroatoms. The Labute approximate surface area is 54.5 Å². The Balaban J connectivity index is 2.74. The molecule has 1 atom stereocenters. The summed E-state index contributed by atoms with van der Waals surface area (Å²) < 4.78 is 6.36. The summed E-state index contributed by atoms with van der Waals surface area (Å²) in [5.41, 5.74) is -0.311. The van der Waals surface area contributed by atoms with E-state index in [0.717, 1.165) is 4.74 Å². The van der Waals surface area contributed by atoms with Gasteiger partial charge in [0, 0.05) is 6.92 Å². The van der Waals surface area contributed by atoms with Gasteiger partial charge in [-0.25, -0.2) is 0 Å². The highest BCUT2D eigenvalue weighted by Gasteiger charge is 2.37. The van der Waals surface area contributed by atoms with Gasteiger partial charge in [-0.2, -0.15) is 0 Å². The van der Waals surface area contributed by atoms with Crippen molar-refractivity contribution in [3.63, 3.8) is 0 Å². The van der Waals surface area contributed by atoms with Crippen molar-refractivity contribution in [2.75, 3.05) is 0 Å². The fraction of sp³-hybridized carbons (Fsp3) is 0.833. The predicted octanol–water partition coefficient (Wildman–Crippen LogP) is 0.614. The van der Waals surface area contributed by atoms with Crippen molar-refractivity contribution in [1.29, 1.82) is 0 Å². The molecule has 0 aromatic rings. The van der Waals surface area contributed by atoms with Gasteiger partial charge in [0.05, 0.1) is 0 Å². The van der Waals surface area contributed by atoms with Crippen molar-refractivity contribution < 1.29 is 14.7 Å². The number of hydrogen-bond donors (Lipinski definition) is 1. The van der Waals surface area contributed by atoms with Crippen molar-refractivity contribution in [2.24, 2.45) is 0 Å². The lowest BCUT2D eigenvalue weighted by Crippen LogP contribution is -2.22. The van der Waals surface area contributed by atoms with Crippen LogP contribution in [-0.4, -0.2) is 28.0 Å². The van der Waals surface area contributed by atoms with Crippen LogP contribution in [0.4, 0.5) is 0 Å². The zero-order valence-electron chi connectivity index (χ0n) is 5.96. The fourth-order valence-corrected chi connectivity index (χ4v) is 0.948. The summed E-state index contributed by atoms with van der Waals surface area (Å²) in [6.07, 6.45) is 1.44. The van der Waals surface area contributed by atoms with Gasteiger partial charge in [-0.1, -0.05) is 0 Å². The molecule has 0 spiro atoms. The second kappa shape index (κ2) is 1.70. The minimum atomic E-state index is -0.311. The van der Waals surface area contributed by atoms with Gasteiger partial charge in [0.2, 0.25) is 6.21 Å². The number of ether oxygens (including phenoxy) is 1. The van der Waals surface area contributed by atoms with Gasteiger partial charge < -0.3 is 4.74 Å². The molecule has 1 unspecified atom stereocenters. The Bertz CT molecular complexity index is 151. The largest absolute Gasteiger partial charge is 0.303 e. The van der Waals surface area contributed by atoms with Gasteiger partial charge >= 0.3 is 6.23 Å². The molecule has 0 aromatic carbocycles. The van der Waals surface area contributed by atoms with Gasteiger partial charge in [0.1, 0.15) is 0 Å². The number of nitrogens with zero attached hydrogens (tertiary/aromatic N) is 1. The smallest absolute Gasteiger partial charge is 0.301 e. The molecule has 1 aliphatic heterocycles. The van der Waals surface area contributed by atoms with Gasteiger partial charge in [-0.3, -0.25) is 5.21 Å². The molecule has 1 heterocycles. The molecule has 0 aromatic heterocycles. The second-order valence-electron chi connectivity index (χ2n) is 2.83. The van der Waals surface area contributed by atoms with Crippen LogP contribution in [0, 0.1) is 0 Å². The molecule has 0 saturated carbocycles. The van der Waals surface area contributed by atoms with Gasteiger partial charge in [-0.15, -0.1) is 0 Å². The molecular formula is C6H12NO2+. The lowest BCUT2D eigenvalue weighted by atomic mass is 10.2. The van der Waals surface area contributed by atoms with Gasteiger partial charge in [-0.05, 0) is 18.6 Å². The highest BCUT2D eigenvalue weighted by molar-refractivity contribution is 5.63. The van der Waals surface area contributed by atoms with Crippen LogP contribution in [0.15, 0.2) is 0 Å². The Morgan fingerprint density at radius 1 is 1.67 bits per heavy atom. The molecule has 1 rings (SSSR count). The summed E-state index contributed by atoms with van der Waals surface area (Å²) in [6.45, 7) is 5.60. The first-order valence-electron chi connectivity index (χ1n) is 3.02. The van der Waals surface area contributed by atoms with Gasteiger partial charge in [0.15, 0.2) is 5.60 Å². The molecule has 0 amide bonds. The topological polar surface area (TPSA) is 32.5 Å². The molecular weight excluding hydrogens is 118 g/mol. The van der Waals surface area contributed by atoms with Crippen LogP contribution in [0.25, 0.3) is 0 Å². The highest BCUT2D eigenvalue weighted by atomic mass is 16.6. The maximum Gasteiger partial charge on any atom is 0.303 e. The van der Waals surface area contributed by atoms with Crippen LogP contribution in [0.5, 0.6) is 0 Å². The number of hydrogen-bond acceptors (Lipinski definition) is 2. The van der Waals surface area contributed by atoms with E-state index in [2.05, 4.69) is 0 Å². The first-order valence-corrected chi connectivity index (χ1v) is 3.02. The van der Waals surface area contributed by atoms with Crippen molar-refractivity contribution in [1.82, 2.24) is 0 Å². The van der Waals surface area contributed by atoms with Gasteiger partial charge in [0.25, 0.3) is 0 Å². The van der Waals surface area contributed by atoms with Crippen LogP contribution < -0.4 is 0 Å². The Morgan fingerprint density at radius 2 is 2.22 bits per heavy atom. The molecule has 1 N–H and O–H groups in total. The third-order valence-electron chi connectivity index (χ3n) is 1.29. The normalized spacial score (nSPS) is 32.3. The van der Waals surface area contributed by atoms with E-state index in [9.17, 15) is 0 Å². The maximum atomic E-state index is 8.99. The minimum Gasteiger partial charge on any atom is -0.301 e. The molecule has 3 nitrogen and oxygen atoms in total. The lowest BCUT2D eigenvalue weighted by Gasteiger charge is -2.08. The third-order valence-corrected chi connectivity index (χ3v) is 1.29. The quantitative estimate of drug-likeness (QED) is 0.385. The molecule has 1 aliphatic rings. The molecule has 0 radical (unpaired) electrons. The number of rotatable bonds is 0. The number of hydroxylamine groups is 1. The molecule has 0 saturated heterocycles. The van der Waals surface area contributed by atoms with Crippen LogP contribution in [0.1, 0.15) is 20.8 Å². The minimum absolute atomic E-state index is 0.208. The molecule has 0 fully saturated rings. The molecule has 0 bridgehead atoms. The molecule has 0 aliphatic carbocycles. The van der Waals surface area contributed by atoms with Crippen LogP contribution >= 0.6 is 0 Å². The summed E-state index contributed by atoms with van der Waals surface area (Å²) in [4.78, 5) is 0. The summed E-state index contributed by atoms with van der Waals surface area (Å²) in [7, 11) is 0. The maximum absolute atomic E-state index is 8.99. The summed E-state index contributed by atoms with van der Waals surface area (Å²) in [6, 6.07) is 0. The Kier molecular flexibility index (Phi) is 1.24. The third kappa shape index (κ3) is 1.21.